The third-order valence-corrected chi connectivity index (χ3v) is 6.27. The van der Waals surface area contributed by atoms with Crippen LogP contribution in [0.2, 0.25) is 0 Å². The summed E-state index contributed by atoms with van der Waals surface area (Å²) in [6.07, 6.45) is 6.91. The van der Waals surface area contributed by atoms with E-state index in [0.29, 0.717) is 29.2 Å². The van der Waals surface area contributed by atoms with E-state index in [1.165, 1.54) is 0 Å². The van der Waals surface area contributed by atoms with Gasteiger partial charge in [-0.25, -0.2) is 0 Å². The summed E-state index contributed by atoms with van der Waals surface area (Å²) in [5.41, 5.74) is 4.71. The fourth-order valence-corrected chi connectivity index (χ4v) is 4.55. The monoisotopic (exact) mass is 442 g/mol. The molecule has 33 heavy (non-hydrogen) atoms. The Morgan fingerprint density at radius 3 is 2.91 bits per heavy atom. The average Bonchev–Trinajstić information content (AvgIpc) is 3.32. The number of hydrogen-bond acceptors (Lipinski definition) is 6. The van der Waals surface area contributed by atoms with Crippen LogP contribution in [0.5, 0.6) is 17.2 Å². The van der Waals surface area contributed by atoms with Crippen molar-refractivity contribution in [1.29, 1.82) is 0 Å². The van der Waals surface area contributed by atoms with Crippen LogP contribution < -0.4 is 14.2 Å². The van der Waals surface area contributed by atoms with Gasteiger partial charge in [-0.1, -0.05) is 30.3 Å². The van der Waals surface area contributed by atoms with E-state index in [1.54, 1.807) is 13.3 Å². The maximum absolute atomic E-state index is 13.4. The third kappa shape index (κ3) is 4.22. The zero-order chi connectivity index (χ0) is 22.8. The molecule has 3 aromatic rings. The lowest BCUT2D eigenvalue weighted by Crippen LogP contribution is -2.34. The minimum absolute atomic E-state index is 0.0903. The number of carbonyl (C=O) groups is 1. The zero-order valence-electron chi connectivity index (χ0n) is 18.8. The predicted molar refractivity (Wildman–Crippen MR) is 127 cm³/mol. The highest BCUT2D eigenvalue weighted by Gasteiger charge is 2.35. The van der Waals surface area contributed by atoms with Gasteiger partial charge in [0.25, 0.3) is 0 Å². The van der Waals surface area contributed by atoms with Crippen molar-refractivity contribution in [3.63, 3.8) is 0 Å². The van der Waals surface area contributed by atoms with Crippen LogP contribution in [0, 0.1) is 0 Å². The van der Waals surface area contributed by atoms with Gasteiger partial charge in [0.15, 0.2) is 17.3 Å². The van der Waals surface area contributed by atoms with Gasteiger partial charge in [0.2, 0.25) is 12.5 Å². The molecule has 0 aliphatic carbocycles. The summed E-state index contributed by atoms with van der Waals surface area (Å²) >= 11 is 0. The van der Waals surface area contributed by atoms with Crippen LogP contribution in [0.25, 0.3) is 12.2 Å². The van der Waals surface area contributed by atoms with Crippen LogP contribution in [0.4, 0.5) is 0 Å². The highest BCUT2D eigenvalue weighted by atomic mass is 16.7. The first-order valence-electron chi connectivity index (χ1n) is 11.1. The standard InChI is InChI=1S/C27H26N2O4/c1-29-13-11-20-15-24-26(33-17-32-24)27(31-2)25(20)22(29)16-23(30)19-7-5-6-18(14-19)9-10-21-8-3-4-12-28-21/h3-10,12,14-15,22H,11,13,16-17H2,1-2H3/t22-/m1/s1. The second-order valence-corrected chi connectivity index (χ2v) is 8.30. The minimum atomic E-state index is -0.0987. The molecule has 0 unspecified atom stereocenters. The Balaban J connectivity index is 1.41. The first-order valence-corrected chi connectivity index (χ1v) is 11.1. The Labute approximate surface area is 193 Å². The number of benzene rings is 2. The molecule has 2 aliphatic rings. The second-order valence-electron chi connectivity index (χ2n) is 8.30. The quantitative estimate of drug-likeness (QED) is 0.512. The number of carbonyl (C=O) groups excluding carboxylic acids is 1. The van der Waals surface area contributed by atoms with Gasteiger partial charge >= 0.3 is 0 Å². The third-order valence-electron chi connectivity index (χ3n) is 6.27. The van der Waals surface area contributed by atoms with Gasteiger partial charge in [-0.15, -0.1) is 0 Å². The maximum Gasteiger partial charge on any atom is 0.231 e. The maximum atomic E-state index is 13.4. The topological polar surface area (TPSA) is 60.9 Å². The van der Waals surface area contributed by atoms with E-state index in [9.17, 15) is 4.79 Å². The highest BCUT2D eigenvalue weighted by molar-refractivity contribution is 5.97. The van der Waals surface area contributed by atoms with Crippen molar-refractivity contribution in [2.45, 2.75) is 18.9 Å². The van der Waals surface area contributed by atoms with Crippen LogP contribution in [0.1, 0.15) is 45.2 Å². The molecule has 0 fully saturated rings. The smallest absolute Gasteiger partial charge is 0.231 e. The zero-order valence-corrected chi connectivity index (χ0v) is 18.8. The van der Waals surface area contributed by atoms with Gasteiger partial charge in [-0.2, -0.15) is 0 Å². The van der Waals surface area contributed by atoms with Gasteiger partial charge in [0, 0.05) is 36.3 Å². The molecule has 0 N–H and O–H groups in total. The van der Waals surface area contributed by atoms with Gasteiger partial charge in [-0.3, -0.25) is 14.7 Å². The van der Waals surface area contributed by atoms with E-state index in [1.807, 2.05) is 60.7 Å². The summed E-state index contributed by atoms with van der Waals surface area (Å²) in [7, 11) is 3.69. The summed E-state index contributed by atoms with van der Waals surface area (Å²) < 4.78 is 17.0. The van der Waals surface area contributed by atoms with E-state index in [-0.39, 0.29) is 18.6 Å². The Hall–Kier alpha value is -3.64. The molecule has 6 heteroatoms. The highest BCUT2D eigenvalue weighted by Crippen LogP contribution is 2.50. The molecule has 5 rings (SSSR count). The van der Waals surface area contributed by atoms with Gasteiger partial charge < -0.3 is 14.2 Å². The first kappa shape index (κ1) is 21.2. The summed E-state index contributed by atoms with van der Waals surface area (Å²) in [4.78, 5) is 19.9. The molecule has 168 valence electrons. The molecule has 0 bridgehead atoms. The van der Waals surface area contributed by atoms with E-state index < -0.39 is 0 Å². The van der Waals surface area contributed by atoms with Gasteiger partial charge in [0.1, 0.15) is 0 Å². The van der Waals surface area contributed by atoms with Crippen molar-refractivity contribution in [2.75, 3.05) is 27.5 Å². The summed E-state index contributed by atoms with van der Waals surface area (Å²) in [5.74, 6) is 2.11. The molecule has 6 nitrogen and oxygen atoms in total. The molecule has 0 spiro atoms. The van der Waals surface area contributed by atoms with Crippen molar-refractivity contribution < 1.29 is 19.0 Å². The molecule has 1 atom stereocenters. The lowest BCUT2D eigenvalue weighted by molar-refractivity contribution is 0.0925. The number of rotatable bonds is 6. The van der Waals surface area contributed by atoms with Crippen LogP contribution in [-0.2, 0) is 6.42 Å². The number of ketones is 1. The van der Waals surface area contributed by atoms with Crippen molar-refractivity contribution in [1.82, 2.24) is 9.88 Å². The predicted octanol–water partition coefficient (Wildman–Crippen LogP) is 4.79. The number of aromatic nitrogens is 1. The lowest BCUT2D eigenvalue weighted by Gasteiger charge is -2.35. The molecule has 1 aromatic heterocycles. The number of fused-ring (bicyclic) bond motifs is 2. The molecular weight excluding hydrogens is 416 g/mol. The number of nitrogens with zero attached hydrogens (tertiary/aromatic N) is 2. The fourth-order valence-electron chi connectivity index (χ4n) is 4.55. The van der Waals surface area contributed by atoms with Gasteiger partial charge in [-0.05, 0) is 54.9 Å². The van der Waals surface area contributed by atoms with Crippen molar-refractivity contribution in [3.05, 3.63) is 82.7 Å². The summed E-state index contributed by atoms with van der Waals surface area (Å²) in [5, 5.41) is 0. The Kier molecular flexibility index (Phi) is 5.84. The number of likely N-dealkylation sites (N-methyl/N-ethyl adjacent to an activating group) is 1. The van der Waals surface area contributed by atoms with E-state index >= 15 is 0 Å². The Bertz CT molecular complexity index is 1210. The second kappa shape index (κ2) is 9.08. The number of pyridine rings is 1. The molecule has 2 aromatic carbocycles. The normalized spacial score (nSPS) is 17.2. The Morgan fingerprint density at radius 2 is 2.09 bits per heavy atom. The molecule has 0 amide bonds. The molecule has 0 saturated heterocycles. The molecular formula is C27H26N2O4. The first-order chi connectivity index (χ1) is 16.1. The Morgan fingerprint density at radius 1 is 1.18 bits per heavy atom. The number of hydrogen-bond donors (Lipinski definition) is 0. The average molecular weight is 443 g/mol. The van der Waals surface area contributed by atoms with Crippen LogP contribution in [0.15, 0.2) is 54.7 Å². The molecule has 3 heterocycles. The number of Topliss-reactive ketones (excluding diaryl/α,β-unsaturated/α-hetero) is 1. The van der Waals surface area contributed by atoms with Crippen LogP contribution in [0.3, 0.4) is 0 Å². The molecule has 0 saturated carbocycles. The molecule has 2 aliphatic heterocycles. The van der Waals surface area contributed by atoms with E-state index in [4.69, 9.17) is 14.2 Å². The minimum Gasteiger partial charge on any atom is -0.492 e. The van der Waals surface area contributed by atoms with E-state index in [0.717, 1.165) is 35.3 Å². The van der Waals surface area contributed by atoms with Gasteiger partial charge in [0.05, 0.1) is 12.8 Å². The lowest BCUT2D eigenvalue weighted by atomic mass is 9.87. The SMILES string of the molecule is COc1c2c(cc3c1[C@@H](CC(=O)c1cccc(C=Cc4ccccn4)c1)N(C)CC3)OCO2. The van der Waals surface area contributed by atoms with Crippen molar-refractivity contribution >= 4 is 17.9 Å². The number of ether oxygens (including phenoxy) is 3. The summed E-state index contributed by atoms with van der Waals surface area (Å²) in [6.45, 7) is 1.05. The van der Waals surface area contributed by atoms with Crippen LogP contribution in [-0.4, -0.2) is 43.2 Å². The van der Waals surface area contributed by atoms with Crippen molar-refractivity contribution in [2.24, 2.45) is 0 Å². The van der Waals surface area contributed by atoms with Crippen molar-refractivity contribution in [3.8, 4) is 17.2 Å². The van der Waals surface area contributed by atoms with Crippen LogP contribution >= 0.6 is 0 Å². The number of methoxy groups -OCH3 is 1. The van der Waals surface area contributed by atoms with E-state index in [2.05, 4.69) is 16.9 Å². The molecule has 0 radical (unpaired) electrons. The largest absolute Gasteiger partial charge is 0.492 e. The summed E-state index contributed by atoms with van der Waals surface area (Å²) in [6, 6.07) is 15.4. The fraction of sp³-hybridized carbons (Fsp3) is 0.259.